The quantitative estimate of drug-likeness (QED) is 0.392. The molecule has 0 aromatic rings. The number of amides is 2. The lowest BCUT2D eigenvalue weighted by Gasteiger charge is -2.52. The van der Waals surface area contributed by atoms with Crippen molar-refractivity contribution >= 4 is 11.8 Å². The molecule has 0 bridgehead atoms. The van der Waals surface area contributed by atoms with E-state index in [0.717, 1.165) is 70.5 Å². The van der Waals surface area contributed by atoms with Gasteiger partial charge < -0.3 is 19.9 Å². The van der Waals surface area contributed by atoms with E-state index in [2.05, 4.69) is 15.5 Å². The maximum atomic E-state index is 13.7. The summed E-state index contributed by atoms with van der Waals surface area (Å²) < 4.78 is 5.57. The second-order valence-electron chi connectivity index (χ2n) is 12.7. The second kappa shape index (κ2) is 12.8. The van der Waals surface area contributed by atoms with Crippen molar-refractivity contribution in [3.8, 4) is 0 Å². The van der Waals surface area contributed by atoms with Gasteiger partial charge in [-0.1, -0.05) is 32.1 Å². The molecule has 8 heteroatoms. The first kappa shape index (κ1) is 27.4. The van der Waals surface area contributed by atoms with E-state index in [4.69, 9.17) is 10.5 Å². The predicted molar refractivity (Wildman–Crippen MR) is 143 cm³/mol. The summed E-state index contributed by atoms with van der Waals surface area (Å²) >= 11 is 0. The SMILES string of the molecule is COC1CCC(CC[NH+]2C(N)C(C(=O)NCCC3CCCCC3)CC3C(=O)N4CCCCC4NC32)CC1. The Balaban J connectivity index is 1.24. The van der Waals surface area contributed by atoms with Crippen LogP contribution in [0, 0.1) is 23.7 Å². The van der Waals surface area contributed by atoms with E-state index in [-0.39, 0.29) is 42.1 Å². The van der Waals surface area contributed by atoms with Gasteiger partial charge in [0.2, 0.25) is 11.8 Å². The van der Waals surface area contributed by atoms with Crippen molar-refractivity contribution in [2.24, 2.45) is 29.4 Å². The lowest BCUT2D eigenvalue weighted by Crippen LogP contribution is -3.26. The van der Waals surface area contributed by atoms with E-state index in [1.54, 1.807) is 0 Å². The third kappa shape index (κ3) is 6.34. The third-order valence-electron chi connectivity index (χ3n) is 10.5. The minimum absolute atomic E-state index is 0.0171. The summed E-state index contributed by atoms with van der Waals surface area (Å²) in [5, 5.41) is 7.10. The maximum absolute atomic E-state index is 13.7. The number of fused-ring (bicyclic) bond motifs is 2. The number of carbonyl (C=O) groups excluding carboxylic acids is 2. The standard InChI is InChI=1S/C29H51N5O3/c1-37-22-12-10-21(11-13-22)15-18-34-26(30)23(28(35)31-16-14-20-7-3-2-4-8-20)19-24-27(34)32-25-9-5-6-17-33(25)29(24)36/h20-27,32H,2-19,30H2,1H3,(H,31,35)/p+1. The van der Waals surface area contributed by atoms with Gasteiger partial charge in [0.15, 0.2) is 12.3 Å². The molecule has 2 amide bonds. The van der Waals surface area contributed by atoms with Gasteiger partial charge in [-0.05, 0) is 76.0 Å². The molecule has 3 saturated heterocycles. The van der Waals surface area contributed by atoms with Gasteiger partial charge in [-0.3, -0.25) is 15.3 Å². The summed E-state index contributed by atoms with van der Waals surface area (Å²) in [4.78, 5) is 30.5. The zero-order valence-corrected chi connectivity index (χ0v) is 23.1. The van der Waals surface area contributed by atoms with E-state index in [1.807, 2.05) is 7.11 Å². The van der Waals surface area contributed by atoms with Crippen molar-refractivity contribution in [3.63, 3.8) is 0 Å². The number of nitrogens with two attached hydrogens (primary N) is 1. The van der Waals surface area contributed by atoms with Gasteiger partial charge in [0.05, 0.1) is 18.8 Å². The molecule has 0 radical (unpaired) electrons. The van der Waals surface area contributed by atoms with Crippen molar-refractivity contribution in [3.05, 3.63) is 0 Å². The van der Waals surface area contributed by atoms with Gasteiger partial charge in [0, 0.05) is 20.2 Å². The molecule has 5 fully saturated rings. The van der Waals surface area contributed by atoms with Crippen molar-refractivity contribution in [1.82, 2.24) is 15.5 Å². The normalized spacial score (nSPS) is 39.1. The summed E-state index contributed by atoms with van der Waals surface area (Å²) in [6.07, 6.45) is 17.5. The molecule has 37 heavy (non-hydrogen) atoms. The highest BCUT2D eigenvalue weighted by molar-refractivity contribution is 5.83. The number of methoxy groups -OCH3 is 1. The Hall–Kier alpha value is -1.22. The van der Waals surface area contributed by atoms with Gasteiger partial charge in [-0.25, -0.2) is 5.32 Å². The Bertz CT molecular complexity index is 767. The number of quaternary nitrogens is 1. The van der Waals surface area contributed by atoms with Crippen LogP contribution in [0.15, 0.2) is 0 Å². The van der Waals surface area contributed by atoms with Gasteiger partial charge >= 0.3 is 0 Å². The molecule has 5 N–H and O–H groups in total. The zero-order chi connectivity index (χ0) is 25.8. The summed E-state index contributed by atoms with van der Waals surface area (Å²) in [6.45, 7) is 2.49. The fourth-order valence-corrected chi connectivity index (χ4v) is 8.16. The molecule has 6 unspecified atom stereocenters. The first-order valence-corrected chi connectivity index (χ1v) is 15.5. The van der Waals surface area contributed by atoms with Gasteiger partial charge in [0.25, 0.3) is 0 Å². The lowest BCUT2D eigenvalue weighted by atomic mass is 9.79. The zero-order valence-electron chi connectivity index (χ0n) is 23.1. The Labute approximate surface area is 223 Å². The first-order chi connectivity index (χ1) is 18.0. The van der Waals surface area contributed by atoms with Crippen LogP contribution < -0.4 is 21.3 Å². The molecule has 0 spiro atoms. The average molecular weight is 519 g/mol. The minimum atomic E-state index is -0.307. The molecule has 3 heterocycles. The van der Waals surface area contributed by atoms with Crippen LogP contribution in [0.3, 0.4) is 0 Å². The Morgan fingerprint density at radius 1 is 1.03 bits per heavy atom. The molecule has 0 aromatic heterocycles. The van der Waals surface area contributed by atoms with Crippen molar-refractivity contribution < 1.29 is 19.2 Å². The van der Waals surface area contributed by atoms with Crippen LogP contribution in [0.5, 0.6) is 0 Å². The van der Waals surface area contributed by atoms with E-state index < -0.39 is 0 Å². The largest absolute Gasteiger partial charge is 0.381 e. The molecule has 3 aliphatic heterocycles. The van der Waals surface area contributed by atoms with Gasteiger partial charge in [-0.2, -0.15) is 0 Å². The highest BCUT2D eigenvalue weighted by Crippen LogP contribution is 2.32. The highest BCUT2D eigenvalue weighted by Gasteiger charge is 2.55. The Morgan fingerprint density at radius 3 is 2.51 bits per heavy atom. The predicted octanol–water partition coefficient (Wildman–Crippen LogP) is 1.74. The van der Waals surface area contributed by atoms with E-state index in [9.17, 15) is 9.59 Å². The second-order valence-corrected chi connectivity index (χ2v) is 12.7. The molecule has 210 valence electrons. The molecular weight excluding hydrogens is 466 g/mol. The molecule has 6 atom stereocenters. The van der Waals surface area contributed by atoms with Crippen LogP contribution >= 0.6 is 0 Å². The minimum Gasteiger partial charge on any atom is -0.381 e. The van der Waals surface area contributed by atoms with Crippen LogP contribution in [0.4, 0.5) is 0 Å². The number of nitrogens with one attached hydrogen (secondary N) is 3. The number of carbonyl (C=O) groups is 2. The van der Waals surface area contributed by atoms with Crippen molar-refractivity contribution in [2.75, 3.05) is 26.7 Å². The van der Waals surface area contributed by atoms with Crippen LogP contribution in [-0.2, 0) is 14.3 Å². The van der Waals surface area contributed by atoms with E-state index in [0.29, 0.717) is 18.4 Å². The van der Waals surface area contributed by atoms with Crippen molar-refractivity contribution in [2.45, 2.75) is 121 Å². The van der Waals surface area contributed by atoms with E-state index >= 15 is 0 Å². The maximum Gasteiger partial charge on any atom is 0.234 e. The van der Waals surface area contributed by atoms with E-state index in [1.165, 1.54) is 49.8 Å². The third-order valence-corrected chi connectivity index (χ3v) is 10.5. The molecule has 2 saturated carbocycles. The monoisotopic (exact) mass is 518 g/mol. The summed E-state index contributed by atoms with van der Waals surface area (Å²) in [7, 11) is 1.82. The summed E-state index contributed by atoms with van der Waals surface area (Å²) in [5.74, 6) is 1.27. The molecule has 8 nitrogen and oxygen atoms in total. The van der Waals surface area contributed by atoms with Crippen LogP contribution in [0.1, 0.15) is 96.3 Å². The van der Waals surface area contributed by atoms with Crippen LogP contribution in [-0.4, -0.2) is 68.1 Å². The van der Waals surface area contributed by atoms with Gasteiger partial charge in [0.1, 0.15) is 11.8 Å². The fraction of sp³-hybridized carbons (Fsp3) is 0.931. The number of hydrogen-bond donors (Lipinski definition) is 4. The molecular formula is C29H52N5O3+. The number of nitrogens with zero attached hydrogens (tertiary/aromatic N) is 1. The Kier molecular flexibility index (Phi) is 9.43. The fourth-order valence-electron chi connectivity index (χ4n) is 8.16. The molecule has 2 aliphatic carbocycles. The molecule has 5 rings (SSSR count). The highest BCUT2D eigenvalue weighted by atomic mass is 16.5. The van der Waals surface area contributed by atoms with Crippen LogP contribution in [0.25, 0.3) is 0 Å². The number of piperidine rings is 2. The van der Waals surface area contributed by atoms with Gasteiger partial charge in [-0.15, -0.1) is 0 Å². The topological polar surface area (TPSA) is 101 Å². The average Bonchev–Trinajstić information content (AvgIpc) is 2.93. The number of ether oxygens (including phenoxy) is 1. The summed E-state index contributed by atoms with van der Waals surface area (Å²) in [5.41, 5.74) is 6.94. The number of likely N-dealkylation sites (tertiary alicyclic amines) is 1. The number of rotatable bonds is 8. The first-order valence-electron chi connectivity index (χ1n) is 15.5. The smallest absolute Gasteiger partial charge is 0.234 e. The number of hydrogen-bond acceptors (Lipinski definition) is 5. The summed E-state index contributed by atoms with van der Waals surface area (Å²) in [6, 6.07) is 0. The molecule has 0 aromatic carbocycles. The molecule has 5 aliphatic rings. The lowest BCUT2D eigenvalue weighted by molar-refractivity contribution is -0.965. The Morgan fingerprint density at radius 2 is 1.76 bits per heavy atom. The van der Waals surface area contributed by atoms with Crippen LogP contribution in [0.2, 0.25) is 0 Å². The van der Waals surface area contributed by atoms with Crippen molar-refractivity contribution in [1.29, 1.82) is 0 Å².